The molecule has 3 aromatic rings. The molecule has 0 aromatic carbocycles. The van der Waals surface area contributed by atoms with Gasteiger partial charge in [0.25, 0.3) is 0 Å². The number of nitrogens with one attached hydrogen (secondary N) is 1. The first-order valence-electron chi connectivity index (χ1n) is 6.24. The van der Waals surface area contributed by atoms with E-state index >= 15 is 0 Å². The molecular formula is C11H13N6O3P. The molecule has 0 radical (unpaired) electrons. The van der Waals surface area contributed by atoms with Crippen molar-refractivity contribution in [3.05, 3.63) is 42.1 Å². The van der Waals surface area contributed by atoms with E-state index in [0.29, 0.717) is 17.8 Å². The molecule has 1 unspecified atom stereocenters. The number of imidazole rings is 1. The van der Waals surface area contributed by atoms with Crippen LogP contribution in [-0.2, 0) is 11.0 Å². The van der Waals surface area contributed by atoms with Crippen LogP contribution in [0.4, 0.5) is 0 Å². The fourth-order valence-electron chi connectivity index (χ4n) is 2.22. The molecule has 3 aromatic heterocycles. The molecule has 0 bridgehead atoms. The summed E-state index contributed by atoms with van der Waals surface area (Å²) in [5.41, 5.74) is 0.363. The highest BCUT2D eigenvalue weighted by molar-refractivity contribution is 7.52. The second-order valence-corrected chi connectivity index (χ2v) is 6.43. The second kappa shape index (κ2) is 5.36. The maximum Gasteiger partial charge on any atom is 0.333 e. The van der Waals surface area contributed by atoms with Crippen LogP contribution >= 0.6 is 7.60 Å². The van der Waals surface area contributed by atoms with E-state index in [1.807, 2.05) is 0 Å². The summed E-state index contributed by atoms with van der Waals surface area (Å²) in [6.07, 6.45) is 5.60. The molecule has 0 amide bonds. The van der Waals surface area contributed by atoms with E-state index in [1.54, 1.807) is 35.1 Å². The summed E-state index contributed by atoms with van der Waals surface area (Å²) in [7, 11) is -4.30. The van der Waals surface area contributed by atoms with E-state index < -0.39 is 13.3 Å². The highest BCUT2D eigenvalue weighted by atomic mass is 31.2. The first-order valence-corrected chi connectivity index (χ1v) is 7.92. The van der Waals surface area contributed by atoms with Gasteiger partial charge < -0.3 is 14.2 Å². The molecule has 110 valence electrons. The number of aromatic nitrogens is 6. The van der Waals surface area contributed by atoms with Gasteiger partial charge >= 0.3 is 7.60 Å². The number of H-pyrrole nitrogens is 1. The molecule has 0 saturated heterocycles. The van der Waals surface area contributed by atoms with Crippen molar-refractivity contribution in [2.24, 2.45) is 0 Å². The summed E-state index contributed by atoms with van der Waals surface area (Å²) in [6.45, 7) is 0. The number of fused-ring (bicyclic) bond motifs is 1. The van der Waals surface area contributed by atoms with Crippen molar-refractivity contribution in [3.8, 4) is 0 Å². The molecule has 3 heterocycles. The summed E-state index contributed by atoms with van der Waals surface area (Å²) >= 11 is 0. The Morgan fingerprint density at radius 2 is 2.24 bits per heavy atom. The minimum absolute atomic E-state index is 0.226. The van der Waals surface area contributed by atoms with E-state index in [-0.39, 0.29) is 6.42 Å². The molecule has 1 atom stereocenters. The van der Waals surface area contributed by atoms with Crippen LogP contribution in [0, 0.1) is 0 Å². The maximum absolute atomic E-state index is 11.8. The highest BCUT2D eigenvalue weighted by Crippen LogP contribution is 2.53. The Hall–Kier alpha value is -2.09. The standard InChI is InChI=1S/C11H13N6O3P/c18-21(19,20)9(2-3-10-13-15-16-14-10)8-1-4-11-12-5-6-17(11)7-8/h1,4-7,9H,2-3H2,(H2,18,19,20)(H,13,14,15,16). The molecule has 9 nitrogen and oxygen atoms in total. The number of hydrogen-bond donors (Lipinski definition) is 3. The number of tetrazole rings is 1. The van der Waals surface area contributed by atoms with Crippen molar-refractivity contribution in [1.29, 1.82) is 0 Å². The van der Waals surface area contributed by atoms with Crippen LogP contribution in [0.5, 0.6) is 0 Å². The smallest absolute Gasteiger partial charge is 0.324 e. The SMILES string of the molecule is O=P(O)(O)C(CCc1nn[nH]n1)c1ccc2nccn2c1. The Balaban J connectivity index is 1.89. The topological polar surface area (TPSA) is 129 Å². The van der Waals surface area contributed by atoms with Crippen molar-refractivity contribution in [2.75, 3.05) is 0 Å². The van der Waals surface area contributed by atoms with Crippen LogP contribution in [0.1, 0.15) is 23.5 Å². The van der Waals surface area contributed by atoms with Gasteiger partial charge in [0, 0.05) is 25.0 Å². The van der Waals surface area contributed by atoms with Crippen molar-refractivity contribution in [3.63, 3.8) is 0 Å². The largest absolute Gasteiger partial charge is 0.333 e. The Morgan fingerprint density at radius 1 is 1.38 bits per heavy atom. The molecule has 3 N–H and O–H groups in total. The van der Waals surface area contributed by atoms with Crippen molar-refractivity contribution < 1.29 is 14.4 Å². The first kappa shape index (κ1) is 13.9. The summed E-state index contributed by atoms with van der Waals surface area (Å²) < 4.78 is 13.5. The summed E-state index contributed by atoms with van der Waals surface area (Å²) in [5, 5.41) is 13.3. The molecule has 3 rings (SSSR count). The predicted octanol–water partition coefficient (Wildman–Crippen LogP) is 0.699. The number of rotatable bonds is 5. The van der Waals surface area contributed by atoms with Crippen molar-refractivity contribution in [1.82, 2.24) is 30.0 Å². The van der Waals surface area contributed by atoms with Crippen LogP contribution in [0.15, 0.2) is 30.7 Å². The molecule has 0 spiro atoms. The zero-order valence-electron chi connectivity index (χ0n) is 10.9. The number of aromatic amines is 1. The van der Waals surface area contributed by atoms with Crippen molar-refractivity contribution >= 4 is 13.2 Å². The minimum Gasteiger partial charge on any atom is -0.324 e. The second-order valence-electron chi connectivity index (χ2n) is 4.63. The number of pyridine rings is 1. The highest BCUT2D eigenvalue weighted by Gasteiger charge is 2.30. The van der Waals surface area contributed by atoms with Crippen LogP contribution in [0.25, 0.3) is 5.65 Å². The van der Waals surface area contributed by atoms with Crippen LogP contribution in [0.3, 0.4) is 0 Å². The lowest BCUT2D eigenvalue weighted by atomic mass is 10.1. The molecule has 0 aliphatic rings. The van der Waals surface area contributed by atoms with E-state index in [2.05, 4.69) is 25.6 Å². The van der Waals surface area contributed by atoms with Gasteiger partial charge in [0.1, 0.15) is 5.65 Å². The lowest BCUT2D eigenvalue weighted by Crippen LogP contribution is -2.04. The van der Waals surface area contributed by atoms with Gasteiger partial charge in [-0.15, -0.1) is 10.2 Å². The fourth-order valence-corrected chi connectivity index (χ4v) is 3.22. The third-order valence-electron chi connectivity index (χ3n) is 3.23. The van der Waals surface area contributed by atoms with E-state index in [9.17, 15) is 14.4 Å². The first-order chi connectivity index (χ1) is 10.0. The lowest BCUT2D eigenvalue weighted by molar-refractivity contribution is 0.355. The van der Waals surface area contributed by atoms with Gasteiger partial charge in [0.15, 0.2) is 5.82 Å². The van der Waals surface area contributed by atoms with Crippen LogP contribution < -0.4 is 0 Å². The normalized spacial score (nSPS) is 13.6. The van der Waals surface area contributed by atoms with Crippen LogP contribution in [0.2, 0.25) is 0 Å². The summed E-state index contributed by atoms with van der Waals surface area (Å²) in [6, 6.07) is 3.41. The van der Waals surface area contributed by atoms with Gasteiger partial charge in [0.2, 0.25) is 0 Å². The molecule has 0 saturated carbocycles. The number of nitrogens with zero attached hydrogens (tertiary/aromatic N) is 5. The third kappa shape index (κ3) is 2.99. The molecule has 0 aliphatic heterocycles. The zero-order chi connectivity index (χ0) is 14.9. The molecule has 21 heavy (non-hydrogen) atoms. The Kier molecular flexibility index (Phi) is 3.54. The number of hydrogen-bond acceptors (Lipinski definition) is 5. The monoisotopic (exact) mass is 308 g/mol. The number of aryl methyl sites for hydroxylation is 1. The van der Waals surface area contributed by atoms with Crippen molar-refractivity contribution in [2.45, 2.75) is 18.5 Å². The molecule has 0 fully saturated rings. The summed E-state index contributed by atoms with van der Waals surface area (Å²) in [4.78, 5) is 23.3. The van der Waals surface area contributed by atoms with Gasteiger partial charge in [-0.1, -0.05) is 11.3 Å². The minimum atomic E-state index is -4.30. The van der Waals surface area contributed by atoms with E-state index in [1.165, 1.54) is 0 Å². The van der Waals surface area contributed by atoms with E-state index in [4.69, 9.17) is 0 Å². The predicted molar refractivity (Wildman–Crippen MR) is 72.5 cm³/mol. The third-order valence-corrected chi connectivity index (χ3v) is 4.60. The Morgan fingerprint density at radius 3 is 2.95 bits per heavy atom. The van der Waals surface area contributed by atoms with Gasteiger partial charge in [-0.05, 0) is 18.1 Å². The Labute approximate surface area is 119 Å². The molecule has 0 aliphatic carbocycles. The van der Waals surface area contributed by atoms with Gasteiger partial charge in [-0.25, -0.2) is 4.98 Å². The van der Waals surface area contributed by atoms with Crippen LogP contribution in [-0.4, -0.2) is 39.8 Å². The maximum atomic E-state index is 11.8. The molecule has 10 heteroatoms. The molecular weight excluding hydrogens is 295 g/mol. The van der Waals surface area contributed by atoms with Gasteiger partial charge in [-0.3, -0.25) is 4.57 Å². The van der Waals surface area contributed by atoms with E-state index in [0.717, 1.165) is 5.65 Å². The average Bonchev–Trinajstić information content (AvgIpc) is 3.07. The van der Waals surface area contributed by atoms with Gasteiger partial charge in [0.05, 0.1) is 5.66 Å². The fraction of sp³-hybridized carbons (Fsp3) is 0.273. The lowest BCUT2D eigenvalue weighted by Gasteiger charge is -2.18. The zero-order valence-corrected chi connectivity index (χ0v) is 11.8. The Bertz CT molecular complexity index is 780. The quantitative estimate of drug-likeness (QED) is 0.591. The summed E-state index contributed by atoms with van der Waals surface area (Å²) in [5.74, 6) is 0.428. The van der Waals surface area contributed by atoms with Gasteiger partial charge in [-0.2, -0.15) is 5.21 Å². The average molecular weight is 308 g/mol.